The van der Waals surface area contributed by atoms with Crippen molar-refractivity contribution in [2.24, 2.45) is 0 Å². The molecule has 7 rings (SSSR count). The van der Waals surface area contributed by atoms with Crippen LogP contribution < -0.4 is 0 Å². The van der Waals surface area contributed by atoms with E-state index >= 15 is 0 Å². The summed E-state index contributed by atoms with van der Waals surface area (Å²) in [4.78, 5) is 22.4. The molecule has 5 aromatic rings. The Morgan fingerprint density at radius 3 is 1.80 bits per heavy atom. The van der Waals surface area contributed by atoms with E-state index in [0.717, 1.165) is 10.9 Å². The van der Waals surface area contributed by atoms with Gasteiger partial charge in [0.05, 0.1) is 0 Å². The van der Waals surface area contributed by atoms with Gasteiger partial charge in [-0.15, -0.1) is 0 Å². The highest BCUT2D eigenvalue weighted by Crippen LogP contribution is 2.34. The summed E-state index contributed by atoms with van der Waals surface area (Å²) in [7, 11) is 0. The van der Waals surface area contributed by atoms with Crippen molar-refractivity contribution in [3.63, 3.8) is 0 Å². The lowest BCUT2D eigenvalue weighted by Crippen LogP contribution is -2.18. The van der Waals surface area contributed by atoms with Crippen LogP contribution in [0.4, 0.5) is 0 Å². The summed E-state index contributed by atoms with van der Waals surface area (Å²) in [6, 6.07) is 37.4. The molecule has 0 saturated heterocycles. The second-order valence-corrected chi connectivity index (χ2v) is 12.5. The predicted molar refractivity (Wildman–Crippen MR) is 183 cm³/mol. The number of allylic oxidation sites excluding steroid dienone is 4. The highest BCUT2D eigenvalue weighted by molar-refractivity contribution is 9.10. The van der Waals surface area contributed by atoms with E-state index in [9.17, 15) is 9.59 Å². The Balaban J connectivity index is 0.000000131. The maximum absolute atomic E-state index is 11.2. The van der Waals surface area contributed by atoms with Crippen LogP contribution in [0.5, 0.6) is 0 Å². The van der Waals surface area contributed by atoms with Crippen molar-refractivity contribution in [2.75, 3.05) is 0 Å². The number of carbonyl (C=O) groups excluding carboxylic acids is 2. The summed E-state index contributed by atoms with van der Waals surface area (Å²) in [5.41, 5.74) is 4.63. The summed E-state index contributed by atoms with van der Waals surface area (Å²) >= 11 is 17.8. The van der Waals surface area contributed by atoms with E-state index < -0.39 is 32.8 Å². The Labute approximate surface area is 281 Å². The molecule has 0 spiro atoms. The van der Waals surface area contributed by atoms with Crippen molar-refractivity contribution >= 4 is 88.2 Å². The van der Waals surface area contributed by atoms with E-state index in [4.69, 9.17) is 33.7 Å². The van der Waals surface area contributed by atoms with Crippen molar-refractivity contribution in [1.29, 1.82) is 10.5 Å². The molecule has 5 aromatic carbocycles. The van der Waals surface area contributed by atoms with Crippen molar-refractivity contribution < 1.29 is 9.59 Å². The van der Waals surface area contributed by atoms with Crippen molar-refractivity contribution in [2.45, 2.75) is 12.8 Å². The third kappa shape index (κ3) is 6.41. The molecular formula is C36H20Br2Cl2N2O2. The fraction of sp³-hybridized carbons (Fsp3) is 0.0556. The fourth-order valence-corrected chi connectivity index (χ4v) is 6.29. The van der Waals surface area contributed by atoms with E-state index in [1.807, 2.05) is 0 Å². The van der Waals surface area contributed by atoms with E-state index in [-0.39, 0.29) is 0 Å². The van der Waals surface area contributed by atoms with Gasteiger partial charge < -0.3 is 0 Å². The van der Waals surface area contributed by atoms with Crippen molar-refractivity contribution in [3.05, 3.63) is 138 Å². The Hall–Kier alpha value is -4.04. The first-order valence-electron chi connectivity index (χ1n) is 13.4. The van der Waals surface area contributed by atoms with Crippen LogP contribution in [0.15, 0.2) is 127 Å². The molecule has 0 unspecified atom stereocenters. The van der Waals surface area contributed by atoms with Crippen molar-refractivity contribution in [3.8, 4) is 23.3 Å². The number of hydrogen-bond donors (Lipinski definition) is 0. The molecule has 0 atom stereocenters. The number of carbonyl (C=O) groups is 2. The average Bonchev–Trinajstić information content (AvgIpc) is 3.05. The molecule has 2 aliphatic rings. The van der Waals surface area contributed by atoms with Gasteiger partial charge in [0.1, 0.15) is 33.3 Å². The monoisotopic (exact) mass is 740 g/mol. The molecule has 2 aliphatic carbocycles. The molecule has 0 N–H and O–H groups in total. The zero-order valence-electron chi connectivity index (χ0n) is 22.9. The number of halogens is 4. The van der Waals surface area contributed by atoms with Crippen molar-refractivity contribution in [1.82, 2.24) is 0 Å². The van der Waals surface area contributed by atoms with Gasteiger partial charge in [0.15, 0.2) is 0 Å². The van der Waals surface area contributed by atoms with Gasteiger partial charge in [0.2, 0.25) is 11.6 Å². The number of ketones is 2. The predicted octanol–water partition coefficient (Wildman–Crippen LogP) is 10.1. The van der Waals surface area contributed by atoms with Crippen LogP contribution >= 0.6 is 55.1 Å². The zero-order valence-corrected chi connectivity index (χ0v) is 27.6. The Morgan fingerprint density at radius 1 is 0.568 bits per heavy atom. The molecule has 0 saturated carbocycles. The highest BCUT2D eigenvalue weighted by Gasteiger charge is 2.33. The van der Waals surface area contributed by atoms with Gasteiger partial charge in [0, 0.05) is 8.95 Å². The number of rotatable bonds is 0. The van der Waals surface area contributed by atoms with E-state index in [1.165, 1.54) is 66.8 Å². The minimum absolute atomic E-state index is 0.521. The van der Waals surface area contributed by atoms with Crippen LogP contribution in [0.2, 0.25) is 0 Å². The smallest absolute Gasteiger partial charge is 0.218 e. The lowest BCUT2D eigenvalue weighted by Gasteiger charge is -2.19. The quantitative estimate of drug-likeness (QED) is 0.117. The van der Waals surface area contributed by atoms with Crippen LogP contribution in [0.25, 0.3) is 32.7 Å². The van der Waals surface area contributed by atoms with Gasteiger partial charge >= 0.3 is 0 Å². The number of nitriles is 2. The fourth-order valence-electron chi connectivity index (χ4n) is 5.15. The van der Waals surface area contributed by atoms with Crippen LogP contribution in [-0.2, 0) is 22.4 Å². The molecule has 214 valence electrons. The molecular weight excluding hydrogens is 723 g/mol. The summed E-state index contributed by atoms with van der Waals surface area (Å²) in [6.07, 6.45) is 2.32. The number of nitrogens with zero attached hydrogens (tertiary/aromatic N) is 2. The molecule has 44 heavy (non-hydrogen) atoms. The number of aryl methyl sites for hydroxylation is 2. The molecule has 0 heterocycles. The zero-order chi connectivity index (χ0) is 31.4. The normalized spacial score (nSPS) is 13.6. The summed E-state index contributed by atoms with van der Waals surface area (Å²) in [5.74, 6) is -1.79. The first kappa shape index (κ1) is 31.4. The second kappa shape index (κ2) is 13.7. The number of fused-ring (bicyclic) bond motifs is 6. The van der Waals surface area contributed by atoms with Gasteiger partial charge in [-0.1, -0.05) is 128 Å². The largest absolute Gasteiger partial charge is 0.287 e. The third-order valence-electron chi connectivity index (χ3n) is 7.26. The molecule has 0 fully saturated rings. The first-order chi connectivity index (χ1) is 21.2. The van der Waals surface area contributed by atoms with Crippen LogP contribution in [0.3, 0.4) is 0 Å². The molecule has 0 aliphatic heterocycles. The maximum Gasteiger partial charge on any atom is 0.218 e. The van der Waals surface area contributed by atoms with Crippen LogP contribution in [-0.4, -0.2) is 11.6 Å². The van der Waals surface area contributed by atoms with Gasteiger partial charge in [-0.25, -0.2) is 0 Å². The molecule has 0 aromatic heterocycles. The average molecular weight is 743 g/mol. The topological polar surface area (TPSA) is 81.7 Å². The van der Waals surface area contributed by atoms with Crippen LogP contribution in [0.1, 0.15) is 11.1 Å². The summed E-state index contributed by atoms with van der Waals surface area (Å²) in [6.45, 7) is 0. The molecule has 4 nitrogen and oxygen atoms in total. The van der Waals surface area contributed by atoms with Gasteiger partial charge in [-0.2, -0.15) is 10.5 Å². The standard InChI is InChI=1S/C14H11Br.C14H9Br.C8Cl2N2O2/c2*15-12-7-8-14-11(9-12)6-5-10-3-1-2-4-13(10)14;9-5-6(10)8(14)4(2-12)3(1-11)7(5)13/h1-4,7-9H,5-6H2;1-9H;. The van der Waals surface area contributed by atoms with E-state index in [0.29, 0.717) is 0 Å². The van der Waals surface area contributed by atoms with Gasteiger partial charge in [-0.3, -0.25) is 9.59 Å². The van der Waals surface area contributed by atoms with Gasteiger partial charge in [-0.05, 0) is 80.9 Å². The van der Waals surface area contributed by atoms with Crippen LogP contribution in [0, 0.1) is 22.7 Å². The second-order valence-electron chi connectivity index (χ2n) is 9.87. The lowest BCUT2D eigenvalue weighted by atomic mass is 9.86. The lowest BCUT2D eigenvalue weighted by molar-refractivity contribution is -0.115. The molecule has 8 heteroatoms. The Bertz CT molecular complexity index is 2090. The number of Topliss-reactive ketones (excluding diaryl/α,β-unsaturated/α-hetero) is 2. The Morgan fingerprint density at radius 2 is 1.09 bits per heavy atom. The minimum atomic E-state index is -0.893. The maximum atomic E-state index is 11.2. The van der Waals surface area contributed by atoms with E-state index in [2.05, 4.69) is 129 Å². The molecule has 0 bridgehead atoms. The van der Waals surface area contributed by atoms with Gasteiger partial charge in [0.25, 0.3) is 0 Å². The number of benzene rings is 5. The molecule has 0 amide bonds. The first-order valence-corrected chi connectivity index (χ1v) is 15.7. The highest BCUT2D eigenvalue weighted by atomic mass is 79.9. The number of hydrogen-bond acceptors (Lipinski definition) is 4. The molecule has 0 radical (unpaired) electrons. The summed E-state index contributed by atoms with van der Waals surface area (Å²) in [5, 5.41) is 21.2. The minimum Gasteiger partial charge on any atom is -0.287 e. The third-order valence-corrected chi connectivity index (χ3v) is 9.07. The van der Waals surface area contributed by atoms with E-state index in [1.54, 1.807) is 0 Å². The SMILES string of the molecule is Brc1ccc2c(c1)CCc1ccccc1-2.Brc1ccc2c(ccc3ccccc32)c1.N#CC1=C(C#N)C(=O)C(Cl)=C(Cl)C1=O. The Kier molecular flexibility index (Phi) is 9.79. The summed E-state index contributed by atoms with van der Waals surface area (Å²) < 4.78 is 2.31.